The van der Waals surface area contributed by atoms with E-state index in [0.29, 0.717) is 28.4 Å². The molecule has 20 heavy (non-hydrogen) atoms. The molecule has 2 aromatic rings. The molecule has 104 valence electrons. The molecule has 1 amide bonds. The van der Waals surface area contributed by atoms with E-state index in [1.165, 1.54) is 6.07 Å². The molecule has 0 aliphatic heterocycles. The van der Waals surface area contributed by atoms with E-state index in [1.807, 2.05) is 0 Å². The lowest BCUT2D eigenvalue weighted by molar-refractivity contribution is 0.100. The fraction of sp³-hybridized carbons (Fsp3) is 0.0714. The van der Waals surface area contributed by atoms with E-state index in [-0.39, 0.29) is 10.8 Å². The largest absolute Gasteiger partial charge is 0.506 e. The summed E-state index contributed by atoms with van der Waals surface area (Å²) in [6.07, 6.45) is 0. The summed E-state index contributed by atoms with van der Waals surface area (Å²) in [5.41, 5.74) is 6.89. The van der Waals surface area contributed by atoms with Crippen LogP contribution in [0.2, 0.25) is 10.0 Å². The fourth-order valence-corrected chi connectivity index (χ4v) is 2.27. The average molecular weight is 311 g/mol. The van der Waals surface area contributed by atoms with E-state index in [4.69, 9.17) is 28.9 Å². The highest BCUT2D eigenvalue weighted by atomic mass is 35.5. The van der Waals surface area contributed by atoms with Crippen LogP contribution in [0.25, 0.3) is 0 Å². The van der Waals surface area contributed by atoms with Crippen LogP contribution in [0.15, 0.2) is 36.4 Å². The molecule has 2 aromatic carbocycles. The lowest BCUT2D eigenvalue weighted by Gasteiger charge is -2.10. The van der Waals surface area contributed by atoms with Crippen molar-refractivity contribution >= 4 is 34.8 Å². The number of phenols is 1. The van der Waals surface area contributed by atoms with Crippen LogP contribution in [-0.2, 0) is 6.54 Å². The van der Waals surface area contributed by atoms with Crippen molar-refractivity contribution in [3.05, 3.63) is 57.6 Å². The Balaban J connectivity index is 2.17. The second-order valence-corrected chi connectivity index (χ2v) is 5.04. The zero-order valence-corrected chi connectivity index (χ0v) is 11.9. The van der Waals surface area contributed by atoms with Crippen molar-refractivity contribution in [3.63, 3.8) is 0 Å². The van der Waals surface area contributed by atoms with Gasteiger partial charge in [-0.15, -0.1) is 0 Å². The van der Waals surface area contributed by atoms with Gasteiger partial charge in [-0.2, -0.15) is 0 Å². The maximum Gasteiger partial charge on any atom is 0.248 e. The molecule has 0 aromatic heterocycles. The third kappa shape index (κ3) is 3.35. The van der Waals surface area contributed by atoms with Crippen LogP contribution in [0.4, 0.5) is 5.69 Å². The highest BCUT2D eigenvalue weighted by Crippen LogP contribution is 2.31. The van der Waals surface area contributed by atoms with Crippen LogP contribution in [-0.4, -0.2) is 11.0 Å². The maximum absolute atomic E-state index is 11.1. The van der Waals surface area contributed by atoms with Gasteiger partial charge in [0.15, 0.2) is 0 Å². The molecule has 0 aliphatic carbocycles. The highest BCUT2D eigenvalue weighted by Gasteiger charge is 2.08. The molecule has 6 heteroatoms. The third-order valence-electron chi connectivity index (χ3n) is 2.74. The maximum atomic E-state index is 11.1. The van der Waals surface area contributed by atoms with Crippen molar-refractivity contribution in [2.45, 2.75) is 6.54 Å². The number of halogens is 2. The van der Waals surface area contributed by atoms with Crippen molar-refractivity contribution in [2.24, 2.45) is 5.73 Å². The first-order valence-electron chi connectivity index (χ1n) is 5.78. The predicted octanol–water partition coefficient (Wildman–Crippen LogP) is 3.41. The zero-order valence-electron chi connectivity index (χ0n) is 10.4. The van der Waals surface area contributed by atoms with Crippen LogP contribution in [0.3, 0.4) is 0 Å². The van der Waals surface area contributed by atoms with E-state index in [2.05, 4.69) is 5.32 Å². The number of rotatable bonds is 4. The van der Waals surface area contributed by atoms with Crippen molar-refractivity contribution in [2.75, 3.05) is 5.32 Å². The number of carbonyl (C=O) groups is 1. The van der Waals surface area contributed by atoms with Crippen LogP contribution in [0.1, 0.15) is 15.9 Å². The Hall–Kier alpha value is -1.91. The zero-order chi connectivity index (χ0) is 14.7. The van der Waals surface area contributed by atoms with Gasteiger partial charge in [-0.1, -0.05) is 29.3 Å². The van der Waals surface area contributed by atoms with Crippen molar-refractivity contribution in [1.29, 1.82) is 0 Å². The quantitative estimate of drug-likeness (QED) is 0.810. The summed E-state index contributed by atoms with van der Waals surface area (Å²) >= 11 is 11.7. The van der Waals surface area contributed by atoms with Gasteiger partial charge in [-0.3, -0.25) is 4.79 Å². The number of amides is 1. The highest BCUT2D eigenvalue weighted by molar-refractivity contribution is 6.35. The number of hydrogen-bond acceptors (Lipinski definition) is 3. The molecule has 0 spiro atoms. The van der Waals surface area contributed by atoms with Crippen LogP contribution in [0, 0.1) is 0 Å². The molecule has 0 unspecified atom stereocenters. The molecule has 0 radical (unpaired) electrons. The molecule has 0 aliphatic rings. The van der Waals surface area contributed by atoms with Gasteiger partial charge in [0.05, 0.1) is 5.02 Å². The number of anilines is 1. The van der Waals surface area contributed by atoms with Gasteiger partial charge in [-0.25, -0.2) is 0 Å². The molecule has 4 N–H and O–H groups in total. The van der Waals surface area contributed by atoms with E-state index in [9.17, 15) is 9.90 Å². The van der Waals surface area contributed by atoms with Gasteiger partial charge < -0.3 is 16.2 Å². The van der Waals surface area contributed by atoms with E-state index in [0.717, 1.165) is 0 Å². The summed E-state index contributed by atoms with van der Waals surface area (Å²) in [6, 6.07) is 9.85. The number of hydrogen-bond donors (Lipinski definition) is 3. The second kappa shape index (κ2) is 6.03. The van der Waals surface area contributed by atoms with E-state index >= 15 is 0 Å². The average Bonchev–Trinajstić information content (AvgIpc) is 2.41. The fourth-order valence-electron chi connectivity index (χ4n) is 1.73. The predicted molar refractivity (Wildman–Crippen MR) is 80.4 cm³/mol. The third-order valence-corrected chi connectivity index (χ3v) is 3.24. The smallest absolute Gasteiger partial charge is 0.248 e. The minimum atomic E-state index is -0.498. The normalized spacial score (nSPS) is 10.3. The molecule has 0 bridgehead atoms. The number of phenolic OH excluding ortho intramolecular Hbond substituents is 1. The SMILES string of the molecule is NC(=O)c1cccc(NCc2cc(Cl)cc(Cl)c2O)c1. The lowest BCUT2D eigenvalue weighted by Crippen LogP contribution is -2.11. The molecule has 2 rings (SSSR count). The first-order valence-corrected chi connectivity index (χ1v) is 6.53. The van der Waals surface area contributed by atoms with Crippen LogP contribution in [0.5, 0.6) is 5.75 Å². The van der Waals surface area contributed by atoms with Gasteiger partial charge in [-0.05, 0) is 30.3 Å². The van der Waals surface area contributed by atoms with Gasteiger partial charge in [0.25, 0.3) is 0 Å². The first-order chi connectivity index (χ1) is 9.47. The summed E-state index contributed by atoms with van der Waals surface area (Å²) in [4.78, 5) is 11.1. The second-order valence-electron chi connectivity index (χ2n) is 4.19. The van der Waals surface area contributed by atoms with Crippen LogP contribution >= 0.6 is 23.2 Å². The Morgan fingerprint density at radius 2 is 2.00 bits per heavy atom. The summed E-state index contributed by atoms with van der Waals surface area (Å²) in [6.45, 7) is 0.314. The van der Waals surface area contributed by atoms with Crippen molar-refractivity contribution in [3.8, 4) is 5.75 Å². The summed E-state index contributed by atoms with van der Waals surface area (Å²) in [5.74, 6) is -0.517. The van der Waals surface area contributed by atoms with E-state index in [1.54, 1.807) is 30.3 Å². The number of carbonyl (C=O) groups excluding carboxylic acids is 1. The minimum absolute atomic E-state index is 0.0189. The summed E-state index contributed by atoms with van der Waals surface area (Å²) in [7, 11) is 0. The molecule has 0 heterocycles. The standard InChI is InChI=1S/C14H12Cl2N2O2/c15-10-4-9(13(19)12(16)6-10)7-18-11-3-1-2-8(5-11)14(17)20/h1-6,18-19H,7H2,(H2,17,20). The van der Waals surface area contributed by atoms with Gasteiger partial charge in [0.1, 0.15) is 5.75 Å². The minimum Gasteiger partial charge on any atom is -0.506 e. The Morgan fingerprint density at radius 1 is 1.25 bits per heavy atom. The Morgan fingerprint density at radius 3 is 2.70 bits per heavy atom. The molecule has 0 atom stereocenters. The summed E-state index contributed by atoms with van der Waals surface area (Å²) < 4.78 is 0. The van der Waals surface area contributed by atoms with Gasteiger partial charge in [0, 0.05) is 28.4 Å². The van der Waals surface area contributed by atoms with Gasteiger partial charge in [0.2, 0.25) is 5.91 Å². The van der Waals surface area contributed by atoms with Crippen molar-refractivity contribution < 1.29 is 9.90 Å². The van der Waals surface area contributed by atoms with E-state index < -0.39 is 5.91 Å². The monoisotopic (exact) mass is 310 g/mol. The number of benzene rings is 2. The van der Waals surface area contributed by atoms with Crippen LogP contribution < -0.4 is 11.1 Å². The Labute approximate surface area is 126 Å². The number of primary amides is 1. The van der Waals surface area contributed by atoms with Crippen molar-refractivity contribution in [1.82, 2.24) is 0 Å². The molecule has 0 fully saturated rings. The number of nitrogens with one attached hydrogen (secondary N) is 1. The Kier molecular flexibility index (Phi) is 4.37. The molecule has 0 saturated heterocycles. The lowest BCUT2D eigenvalue weighted by atomic mass is 10.1. The first kappa shape index (κ1) is 14.5. The molecule has 0 saturated carbocycles. The summed E-state index contributed by atoms with van der Waals surface area (Å²) in [5, 5.41) is 13.5. The topological polar surface area (TPSA) is 75.4 Å². The molecular weight excluding hydrogens is 299 g/mol. The number of aromatic hydroxyl groups is 1. The van der Waals surface area contributed by atoms with Gasteiger partial charge >= 0.3 is 0 Å². The molecular formula is C14H12Cl2N2O2. The number of nitrogens with two attached hydrogens (primary N) is 1. The Bertz CT molecular complexity index is 660. The molecule has 4 nitrogen and oxygen atoms in total.